The van der Waals surface area contributed by atoms with Crippen molar-refractivity contribution in [1.29, 1.82) is 0 Å². The van der Waals surface area contributed by atoms with Gasteiger partial charge >= 0.3 is 99.3 Å². The van der Waals surface area contributed by atoms with Crippen LogP contribution in [0.25, 0.3) is 0 Å². The molecule has 0 aliphatic rings. The van der Waals surface area contributed by atoms with Gasteiger partial charge in [-0.05, 0) is 0 Å². The van der Waals surface area contributed by atoms with Gasteiger partial charge in [-0.1, -0.05) is 0 Å². The number of hydrogen-bond donors (Lipinski definition) is 0. The molecule has 0 atom stereocenters. The van der Waals surface area contributed by atoms with E-state index in [2.05, 4.69) is 13.8 Å². The number of hydrogen-bond acceptors (Lipinski definition) is 4. The van der Waals surface area contributed by atoms with Crippen molar-refractivity contribution in [2.75, 3.05) is 26.4 Å². The predicted octanol–water partition coefficient (Wildman–Crippen LogP) is 2.35. The van der Waals surface area contributed by atoms with Gasteiger partial charge in [-0.15, -0.1) is 0 Å². The average Bonchev–Trinajstić information content (AvgIpc) is 2.24. The standard InChI is InChI=1S/2C3H7O.2C2H5O.Sn/c2*1-2-3-4;2*1-2-3;/h2*2-3H2,1H3;2*2H2,1H3;/q4*-1;+4. The van der Waals surface area contributed by atoms with Gasteiger partial charge in [-0.2, -0.15) is 0 Å². The molecule has 0 amide bonds. The van der Waals surface area contributed by atoms with Crippen LogP contribution in [0.3, 0.4) is 0 Å². The van der Waals surface area contributed by atoms with Gasteiger partial charge in [0, 0.05) is 0 Å². The normalized spacial score (nSPS) is 12.0. The van der Waals surface area contributed by atoms with Crippen LogP contribution >= 0.6 is 0 Å². The topological polar surface area (TPSA) is 36.9 Å². The molecular weight excluding hydrogens is 303 g/mol. The van der Waals surface area contributed by atoms with Crippen LogP contribution in [-0.2, 0) is 12.3 Å². The molecule has 0 radical (unpaired) electrons. The molecule has 0 spiro atoms. The molecule has 0 aromatic rings. The first-order valence-electron chi connectivity index (χ1n) is 5.80. The molecule has 0 saturated heterocycles. The summed E-state index contributed by atoms with van der Waals surface area (Å²) in [4.78, 5) is 0. The third kappa shape index (κ3) is 6.73. The van der Waals surface area contributed by atoms with Gasteiger partial charge in [-0.25, -0.2) is 0 Å². The monoisotopic (exact) mass is 328 g/mol. The summed E-state index contributed by atoms with van der Waals surface area (Å²) in [5.41, 5.74) is 0. The molecule has 0 unspecified atom stereocenters. The molecule has 0 aliphatic heterocycles. The Morgan fingerprint density at radius 1 is 0.667 bits per heavy atom. The zero-order chi connectivity index (χ0) is 11.6. The van der Waals surface area contributed by atoms with Gasteiger partial charge in [0.15, 0.2) is 0 Å². The fourth-order valence-corrected chi connectivity index (χ4v) is 7.10. The van der Waals surface area contributed by atoms with Crippen molar-refractivity contribution in [3.63, 3.8) is 0 Å². The van der Waals surface area contributed by atoms with Gasteiger partial charge < -0.3 is 0 Å². The van der Waals surface area contributed by atoms with Gasteiger partial charge in [0.1, 0.15) is 0 Å². The second-order valence-corrected chi connectivity index (χ2v) is 9.21. The van der Waals surface area contributed by atoms with Crippen LogP contribution in [0.15, 0.2) is 0 Å². The Morgan fingerprint density at radius 3 is 1.33 bits per heavy atom. The second kappa shape index (κ2) is 9.84. The van der Waals surface area contributed by atoms with Crippen molar-refractivity contribution in [1.82, 2.24) is 0 Å². The fraction of sp³-hybridized carbons (Fsp3) is 1.00. The minimum absolute atomic E-state index is 0.587. The summed E-state index contributed by atoms with van der Waals surface area (Å²) >= 11 is -3.63. The molecule has 0 aliphatic carbocycles. The van der Waals surface area contributed by atoms with Gasteiger partial charge in [-0.3, -0.25) is 0 Å². The molecule has 0 fully saturated rings. The molecule has 4 nitrogen and oxygen atoms in total. The van der Waals surface area contributed by atoms with Crippen LogP contribution in [0.4, 0.5) is 0 Å². The zero-order valence-corrected chi connectivity index (χ0v) is 13.2. The Balaban J connectivity index is 4.26. The molecule has 0 N–H and O–H groups in total. The molecule has 15 heavy (non-hydrogen) atoms. The van der Waals surface area contributed by atoms with E-state index >= 15 is 0 Å². The van der Waals surface area contributed by atoms with Gasteiger partial charge in [0.05, 0.1) is 0 Å². The van der Waals surface area contributed by atoms with Crippen LogP contribution in [0, 0.1) is 0 Å². The van der Waals surface area contributed by atoms with Crippen molar-refractivity contribution >= 4 is 20.0 Å². The van der Waals surface area contributed by atoms with E-state index in [0.717, 1.165) is 12.8 Å². The van der Waals surface area contributed by atoms with Crippen LogP contribution in [-0.4, -0.2) is 46.5 Å². The summed E-state index contributed by atoms with van der Waals surface area (Å²) in [5, 5.41) is 0. The fourth-order valence-electron chi connectivity index (χ4n) is 1.06. The zero-order valence-electron chi connectivity index (χ0n) is 10.4. The van der Waals surface area contributed by atoms with Crippen molar-refractivity contribution in [3.8, 4) is 0 Å². The van der Waals surface area contributed by atoms with Crippen LogP contribution in [0.1, 0.15) is 40.5 Å². The first-order chi connectivity index (χ1) is 7.24. The van der Waals surface area contributed by atoms with Crippen molar-refractivity contribution in [2.45, 2.75) is 40.5 Å². The summed E-state index contributed by atoms with van der Waals surface area (Å²) in [6.45, 7) is 10.5. The van der Waals surface area contributed by atoms with E-state index in [-0.39, 0.29) is 0 Å². The SMILES string of the molecule is CCC[O][Sn]([O]CC)([O]CC)[O]CCC. The Hall–Kier alpha value is 0.639. The molecular formula is C10H24O4Sn. The molecule has 92 valence electrons. The minimum atomic E-state index is -3.63. The van der Waals surface area contributed by atoms with E-state index in [1.807, 2.05) is 13.8 Å². The molecule has 0 heterocycles. The predicted molar refractivity (Wildman–Crippen MR) is 61.5 cm³/mol. The first-order valence-corrected chi connectivity index (χ1v) is 10.5. The molecule has 0 aromatic heterocycles. The van der Waals surface area contributed by atoms with E-state index in [9.17, 15) is 0 Å². The maximum absolute atomic E-state index is 5.71. The van der Waals surface area contributed by atoms with E-state index in [0.29, 0.717) is 26.4 Å². The van der Waals surface area contributed by atoms with Gasteiger partial charge in [0.25, 0.3) is 0 Å². The Morgan fingerprint density at radius 2 is 1.07 bits per heavy atom. The van der Waals surface area contributed by atoms with E-state index in [4.69, 9.17) is 12.3 Å². The van der Waals surface area contributed by atoms with Crippen LogP contribution in [0.5, 0.6) is 0 Å². The summed E-state index contributed by atoms with van der Waals surface area (Å²) in [6.07, 6.45) is 1.91. The Labute approximate surface area is 99.3 Å². The van der Waals surface area contributed by atoms with Crippen LogP contribution < -0.4 is 0 Å². The number of rotatable bonds is 10. The van der Waals surface area contributed by atoms with Crippen LogP contribution in [0.2, 0.25) is 0 Å². The summed E-state index contributed by atoms with van der Waals surface area (Å²) < 4.78 is 22.6. The summed E-state index contributed by atoms with van der Waals surface area (Å²) in [6, 6.07) is 0. The Kier molecular flexibility index (Phi) is 10.3. The molecule has 0 rings (SSSR count). The van der Waals surface area contributed by atoms with Gasteiger partial charge in [0.2, 0.25) is 0 Å². The van der Waals surface area contributed by atoms with Crippen molar-refractivity contribution in [2.24, 2.45) is 0 Å². The second-order valence-electron chi connectivity index (χ2n) is 3.06. The third-order valence-electron chi connectivity index (χ3n) is 1.61. The summed E-state index contributed by atoms with van der Waals surface area (Å²) in [7, 11) is 0. The van der Waals surface area contributed by atoms with E-state index in [1.54, 1.807) is 0 Å². The third-order valence-corrected chi connectivity index (χ3v) is 8.46. The molecule has 0 bridgehead atoms. The summed E-state index contributed by atoms with van der Waals surface area (Å²) in [5.74, 6) is 0. The maximum atomic E-state index is 5.71. The first kappa shape index (κ1) is 15.6. The van der Waals surface area contributed by atoms with Crippen molar-refractivity contribution < 1.29 is 12.3 Å². The Bertz CT molecular complexity index is 127. The average molecular weight is 327 g/mol. The quantitative estimate of drug-likeness (QED) is 0.577. The van der Waals surface area contributed by atoms with E-state index < -0.39 is 20.0 Å². The molecule has 0 aromatic carbocycles. The molecule has 0 saturated carbocycles. The molecule has 5 heteroatoms. The van der Waals surface area contributed by atoms with E-state index in [1.165, 1.54) is 0 Å². The van der Waals surface area contributed by atoms with Crippen molar-refractivity contribution in [3.05, 3.63) is 0 Å².